The van der Waals surface area contributed by atoms with E-state index >= 15 is 0 Å². The molecule has 0 saturated carbocycles. The van der Waals surface area contributed by atoms with E-state index in [0.717, 1.165) is 25.5 Å². The second kappa shape index (κ2) is 23.7. The van der Waals surface area contributed by atoms with E-state index in [9.17, 15) is 0 Å². The minimum atomic E-state index is 0.844. The summed E-state index contributed by atoms with van der Waals surface area (Å²) in [6.45, 7) is 15.9. The molecular weight excluding hydrogens is 302 g/mol. The van der Waals surface area contributed by atoms with Crippen molar-refractivity contribution in [3.63, 3.8) is 0 Å². The highest BCUT2D eigenvalue weighted by atomic mass is 35.5. The van der Waals surface area contributed by atoms with E-state index in [0.29, 0.717) is 0 Å². The van der Waals surface area contributed by atoms with Gasteiger partial charge >= 0.3 is 0 Å². The average molecular weight is 342 g/mol. The molecule has 0 aliphatic rings. The lowest BCUT2D eigenvalue weighted by Gasteiger charge is -2.15. The number of nitrogens with zero attached hydrogens (tertiary/aromatic N) is 1. The first-order valence-corrected chi connectivity index (χ1v) is 9.91. The number of rotatable bonds is 16. The van der Waals surface area contributed by atoms with Crippen LogP contribution < -0.4 is 0 Å². The molecule has 0 aliphatic heterocycles. The third-order valence-corrected chi connectivity index (χ3v) is 3.92. The first-order valence-electron chi connectivity index (χ1n) is 9.37. The fraction of sp³-hybridized carbons (Fsp3) is 0.714. The summed E-state index contributed by atoms with van der Waals surface area (Å²) in [4.78, 5) is 2.19. The molecule has 1 nitrogen and oxygen atoms in total. The number of halogens is 1. The summed E-state index contributed by atoms with van der Waals surface area (Å²) in [7, 11) is 0. The maximum absolute atomic E-state index is 5.60. The molecule has 0 fully saturated rings. The van der Waals surface area contributed by atoms with Crippen molar-refractivity contribution >= 4 is 11.6 Å². The Balaban J connectivity index is 0. The highest BCUT2D eigenvalue weighted by Gasteiger charge is 1.94. The summed E-state index contributed by atoms with van der Waals surface area (Å²) in [5.74, 6) is 0.844. The van der Waals surface area contributed by atoms with Crippen molar-refractivity contribution in [2.75, 3.05) is 25.5 Å². The fourth-order valence-corrected chi connectivity index (χ4v) is 2.54. The second-order valence-electron chi connectivity index (χ2n) is 5.96. The minimum absolute atomic E-state index is 0.844. The molecule has 0 spiro atoms. The first-order chi connectivity index (χ1) is 11.3. The number of hydrogen-bond acceptors (Lipinski definition) is 1. The number of hydrogen-bond donors (Lipinski definition) is 0. The van der Waals surface area contributed by atoms with Crippen LogP contribution in [-0.2, 0) is 0 Å². The summed E-state index contributed by atoms with van der Waals surface area (Å²) in [5, 5.41) is 0. The van der Waals surface area contributed by atoms with Gasteiger partial charge in [0.2, 0.25) is 0 Å². The molecule has 2 heteroatoms. The van der Waals surface area contributed by atoms with Crippen molar-refractivity contribution < 1.29 is 0 Å². The summed E-state index contributed by atoms with van der Waals surface area (Å²) < 4.78 is 0. The van der Waals surface area contributed by atoms with E-state index in [4.69, 9.17) is 11.6 Å². The van der Waals surface area contributed by atoms with Gasteiger partial charge in [-0.15, -0.1) is 31.3 Å². The van der Waals surface area contributed by atoms with Crippen LogP contribution >= 0.6 is 11.6 Å². The van der Waals surface area contributed by atoms with Crippen molar-refractivity contribution in [3.8, 4) is 0 Å². The predicted octanol–water partition coefficient (Wildman–Crippen LogP) is 6.99. The molecular formula is C21H40ClN. The number of alkyl halides is 1. The summed E-state index contributed by atoms with van der Waals surface area (Å²) in [5.41, 5.74) is 0. The van der Waals surface area contributed by atoms with E-state index in [1.165, 1.54) is 64.2 Å². The van der Waals surface area contributed by atoms with E-state index in [1.54, 1.807) is 0 Å². The van der Waals surface area contributed by atoms with Gasteiger partial charge in [-0.05, 0) is 6.42 Å². The molecule has 0 unspecified atom stereocenters. The van der Waals surface area contributed by atoms with Gasteiger partial charge in [-0.25, -0.2) is 0 Å². The zero-order valence-corrected chi connectivity index (χ0v) is 16.3. The predicted molar refractivity (Wildman–Crippen MR) is 110 cm³/mol. The highest BCUT2D eigenvalue weighted by Crippen LogP contribution is 2.10. The van der Waals surface area contributed by atoms with E-state index in [-0.39, 0.29) is 0 Å². The topological polar surface area (TPSA) is 3.24 Å². The lowest BCUT2D eigenvalue weighted by Crippen LogP contribution is -2.23. The van der Waals surface area contributed by atoms with Crippen LogP contribution in [0, 0.1) is 0 Å². The van der Waals surface area contributed by atoms with Crippen molar-refractivity contribution in [2.45, 2.75) is 71.1 Å². The molecule has 0 saturated heterocycles. The van der Waals surface area contributed by atoms with E-state index in [2.05, 4.69) is 31.6 Å². The third-order valence-electron chi connectivity index (χ3n) is 3.65. The average Bonchev–Trinajstić information content (AvgIpc) is 2.55. The Morgan fingerprint density at radius 2 is 1.00 bits per heavy atom. The largest absolute Gasteiger partial charge is 0.292 e. The molecule has 0 amide bonds. The first kappa shape index (κ1) is 24.7. The van der Waals surface area contributed by atoms with Crippen LogP contribution in [0.2, 0.25) is 0 Å². The molecule has 136 valence electrons. The van der Waals surface area contributed by atoms with Gasteiger partial charge in [0.15, 0.2) is 0 Å². The van der Waals surface area contributed by atoms with Crippen molar-refractivity contribution in [1.29, 1.82) is 0 Å². The SMILES string of the molecule is C=CCN(CC=C)CC=C.CCCCCCCCCCCCCl. The van der Waals surface area contributed by atoms with Crippen LogP contribution in [-0.4, -0.2) is 30.4 Å². The summed E-state index contributed by atoms with van der Waals surface area (Å²) in [6.07, 6.45) is 19.5. The molecule has 0 heterocycles. The molecule has 0 rings (SSSR count). The maximum Gasteiger partial charge on any atom is 0.0223 e. The van der Waals surface area contributed by atoms with E-state index in [1.807, 2.05) is 18.2 Å². The lowest BCUT2D eigenvalue weighted by molar-refractivity contribution is 0.373. The molecule has 0 N–H and O–H groups in total. The van der Waals surface area contributed by atoms with Crippen LogP contribution in [0.1, 0.15) is 71.1 Å². The molecule has 23 heavy (non-hydrogen) atoms. The molecule has 0 atom stereocenters. The Labute approximate surface area is 151 Å². The second-order valence-corrected chi connectivity index (χ2v) is 6.33. The standard InChI is InChI=1S/C12H25Cl.C9H15N/c1-2-3-4-5-6-7-8-9-10-11-12-13;1-4-7-10(8-5-2)9-6-3/h2-12H2,1H3;4-6H,1-3,7-9H2. The molecule has 0 aromatic heterocycles. The van der Waals surface area contributed by atoms with Gasteiger partial charge in [0.05, 0.1) is 0 Å². The molecule has 0 aliphatic carbocycles. The Kier molecular flexibility index (Phi) is 25.5. The van der Waals surface area contributed by atoms with Crippen molar-refractivity contribution in [1.82, 2.24) is 4.90 Å². The Morgan fingerprint density at radius 1 is 0.652 bits per heavy atom. The van der Waals surface area contributed by atoms with Gasteiger partial charge in [0.1, 0.15) is 0 Å². The zero-order valence-electron chi connectivity index (χ0n) is 15.6. The van der Waals surface area contributed by atoms with Crippen LogP contribution in [0.15, 0.2) is 38.0 Å². The molecule has 0 aromatic carbocycles. The Bertz CT molecular complexity index is 216. The van der Waals surface area contributed by atoms with Gasteiger partial charge in [-0.3, -0.25) is 4.90 Å². The summed E-state index contributed by atoms with van der Waals surface area (Å²) in [6, 6.07) is 0. The fourth-order valence-electron chi connectivity index (χ4n) is 2.35. The van der Waals surface area contributed by atoms with Crippen molar-refractivity contribution in [2.24, 2.45) is 0 Å². The van der Waals surface area contributed by atoms with Gasteiger partial charge in [-0.2, -0.15) is 0 Å². The van der Waals surface area contributed by atoms with E-state index < -0.39 is 0 Å². The third kappa shape index (κ3) is 23.9. The highest BCUT2D eigenvalue weighted by molar-refractivity contribution is 6.17. The van der Waals surface area contributed by atoms with Gasteiger partial charge in [0.25, 0.3) is 0 Å². The van der Waals surface area contributed by atoms with Crippen molar-refractivity contribution in [3.05, 3.63) is 38.0 Å². The maximum atomic E-state index is 5.60. The number of unbranched alkanes of at least 4 members (excludes halogenated alkanes) is 9. The van der Waals surface area contributed by atoms with Crippen LogP contribution in [0.4, 0.5) is 0 Å². The van der Waals surface area contributed by atoms with Crippen LogP contribution in [0.3, 0.4) is 0 Å². The molecule has 0 radical (unpaired) electrons. The van der Waals surface area contributed by atoms with Crippen LogP contribution in [0.25, 0.3) is 0 Å². The van der Waals surface area contributed by atoms with Gasteiger partial charge in [-0.1, -0.05) is 82.9 Å². The minimum Gasteiger partial charge on any atom is -0.292 e. The Hall–Kier alpha value is -0.530. The summed E-state index contributed by atoms with van der Waals surface area (Å²) >= 11 is 5.60. The molecule has 0 bridgehead atoms. The Morgan fingerprint density at radius 3 is 1.30 bits per heavy atom. The smallest absolute Gasteiger partial charge is 0.0223 e. The molecule has 0 aromatic rings. The van der Waals surface area contributed by atoms with Gasteiger partial charge < -0.3 is 0 Å². The van der Waals surface area contributed by atoms with Gasteiger partial charge in [0, 0.05) is 25.5 Å². The quantitative estimate of drug-likeness (QED) is 0.166. The van der Waals surface area contributed by atoms with Crippen LogP contribution in [0.5, 0.6) is 0 Å². The zero-order chi connectivity index (χ0) is 17.6. The lowest BCUT2D eigenvalue weighted by atomic mass is 10.1. The monoisotopic (exact) mass is 341 g/mol. The normalized spacial score (nSPS) is 10.0.